The summed E-state index contributed by atoms with van der Waals surface area (Å²) in [6.45, 7) is 1.84. The van der Waals surface area contributed by atoms with Crippen molar-refractivity contribution in [2.75, 3.05) is 19.5 Å². The van der Waals surface area contributed by atoms with Crippen molar-refractivity contribution < 1.29 is 19.1 Å². The fourth-order valence-electron chi connectivity index (χ4n) is 2.75. The van der Waals surface area contributed by atoms with Crippen LogP contribution in [0.25, 0.3) is 0 Å². The Morgan fingerprint density at radius 2 is 2.09 bits per heavy atom. The molecule has 1 aliphatic rings. The minimum atomic E-state index is -0.520. The fraction of sp³-hybridized carbons (Fsp3) is 0.500. The number of fused-ring (bicyclic) bond motifs is 1. The predicted molar refractivity (Wildman–Crippen MR) is 83.3 cm³/mol. The first-order chi connectivity index (χ1) is 10.6. The zero-order chi connectivity index (χ0) is 16.1. The number of rotatable bonds is 4. The molecule has 1 unspecified atom stereocenters. The monoisotopic (exact) mass is 306 g/mol. The number of carbonyl (C=O) groups is 2. The standard InChI is InChI=1S/C16H22N2O4/c1-4-14(19)17-11-6-7-12-10(9-11)5-8-13(21-2)15(12)18-16(20)22-3/h5,8,11H,4,6-7,9H2,1-3H3,(H,17,19)(H,18,20). The summed E-state index contributed by atoms with van der Waals surface area (Å²) in [7, 11) is 2.89. The van der Waals surface area contributed by atoms with E-state index < -0.39 is 6.09 Å². The van der Waals surface area contributed by atoms with Gasteiger partial charge in [0.25, 0.3) is 0 Å². The molecule has 0 fully saturated rings. The van der Waals surface area contributed by atoms with Crippen molar-refractivity contribution in [2.45, 2.75) is 38.6 Å². The Morgan fingerprint density at radius 3 is 2.73 bits per heavy atom. The number of hydrogen-bond donors (Lipinski definition) is 2. The van der Waals surface area contributed by atoms with E-state index in [1.807, 2.05) is 19.1 Å². The third kappa shape index (κ3) is 3.50. The summed E-state index contributed by atoms with van der Waals surface area (Å²) < 4.78 is 10.00. The molecule has 1 atom stereocenters. The predicted octanol–water partition coefficient (Wildman–Crippen LogP) is 2.26. The van der Waals surface area contributed by atoms with Crippen LogP contribution in [0.5, 0.6) is 5.75 Å². The topological polar surface area (TPSA) is 76.7 Å². The van der Waals surface area contributed by atoms with Crippen LogP contribution >= 0.6 is 0 Å². The Labute approximate surface area is 130 Å². The van der Waals surface area contributed by atoms with Crippen LogP contribution in [-0.2, 0) is 22.4 Å². The van der Waals surface area contributed by atoms with E-state index >= 15 is 0 Å². The first kappa shape index (κ1) is 16.1. The van der Waals surface area contributed by atoms with E-state index in [4.69, 9.17) is 4.74 Å². The molecule has 0 aromatic heterocycles. The molecule has 0 heterocycles. The molecule has 2 N–H and O–H groups in total. The smallest absolute Gasteiger partial charge is 0.411 e. The maximum Gasteiger partial charge on any atom is 0.411 e. The van der Waals surface area contributed by atoms with Gasteiger partial charge in [-0.15, -0.1) is 0 Å². The zero-order valence-electron chi connectivity index (χ0n) is 13.2. The summed E-state index contributed by atoms with van der Waals surface area (Å²) in [5.41, 5.74) is 2.82. The van der Waals surface area contributed by atoms with Crippen molar-refractivity contribution >= 4 is 17.7 Å². The lowest BCUT2D eigenvalue weighted by Crippen LogP contribution is -2.38. The second-order valence-electron chi connectivity index (χ2n) is 5.26. The van der Waals surface area contributed by atoms with Gasteiger partial charge in [0.05, 0.1) is 19.9 Å². The summed E-state index contributed by atoms with van der Waals surface area (Å²) in [6, 6.07) is 3.95. The Balaban J connectivity index is 2.25. The van der Waals surface area contributed by atoms with Gasteiger partial charge in [-0.05, 0) is 36.5 Å². The minimum absolute atomic E-state index is 0.0647. The van der Waals surface area contributed by atoms with Gasteiger partial charge >= 0.3 is 6.09 Å². The quantitative estimate of drug-likeness (QED) is 0.894. The zero-order valence-corrected chi connectivity index (χ0v) is 13.2. The van der Waals surface area contributed by atoms with Crippen LogP contribution in [0.1, 0.15) is 30.9 Å². The number of methoxy groups -OCH3 is 2. The highest BCUT2D eigenvalue weighted by molar-refractivity contribution is 5.88. The molecular weight excluding hydrogens is 284 g/mol. The average Bonchev–Trinajstić information content (AvgIpc) is 2.54. The van der Waals surface area contributed by atoms with Gasteiger partial charge < -0.3 is 14.8 Å². The molecule has 0 saturated carbocycles. The molecule has 1 aromatic rings. The number of ether oxygens (including phenoxy) is 2. The molecule has 1 aliphatic carbocycles. The van der Waals surface area contributed by atoms with Crippen LogP contribution in [0.2, 0.25) is 0 Å². The van der Waals surface area contributed by atoms with E-state index in [2.05, 4.69) is 15.4 Å². The molecule has 0 aliphatic heterocycles. The average molecular weight is 306 g/mol. The molecule has 0 radical (unpaired) electrons. The number of nitrogens with one attached hydrogen (secondary N) is 2. The first-order valence-corrected chi connectivity index (χ1v) is 7.42. The van der Waals surface area contributed by atoms with Crippen molar-refractivity contribution in [3.63, 3.8) is 0 Å². The number of hydrogen-bond acceptors (Lipinski definition) is 4. The van der Waals surface area contributed by atoms with Crippen molar-refractivity contribution in [3.8, 4) is 5.75 Å². The van der Waals surface area contributed by atoms with Crippen LogP contribution < -0.4 is 15.4 Å². The highest BCUT2D eigenvalue weighted by Gasteiger charge is 2.24. The second kappa shape index (κ2) is 7.15. The Bertz CT molecular complexity index is 572. The summed E-state index contributed by atoms with van der Waals surface area (Å²) in [4.78, 5) is 23.1. The van der Waals surface area contributed by atoms with Gasteiger partial charge in [-0.1, -0.05) is 13.0 Å². The second-order valence-corrected chi connectivity index (χ2v) is 5.26. The van der Waals surface area contributed by atoms with E-state index in [-0.39, 0.29) is 11.9 Å². The highest BCUT2D eigenvalue weighted by atomic mass is 16.5. The Morgan fingerprint density at radius 1 is 1.32 bits per heavy atom. The van der Waals surface area contributed by atoms with Gasteiger partial charge in [0, 0.05) is 12.5 Å². The molecule has 6 nitrogen and oxygen atoms in total. The van der Waals surface area contributed by atoms with E-state index in [0.29, 0.717) is 17.9 Å². The molecule has 0 spiro atoms. The Hall–Kier alpha value is -2.24. The van der Waals surface area contributed by atoms with E-state index in [1.165, 1.54) is 7.11 Å². The molecule has 0 saturated heterocycles. The van der Waals surface area contributed by atoms with Gasteiger partial charge in [-0.3, -0.25) is 10.1 Å². The number of anilines is 1. The van der Waals surface area contributed by atoms with Crippen LogP contribution in [0, 0.1) is 0 Å². The van der Waals surface area contributed by atoms with Gasteiger partial charge in [0.1, 0.15) is 5.75 Å². The van der Waals surface area contributed by atoms with Crippen molar-refractivity contribution in [1.29, 1.82) is 0 Å². The van der Waals surface area contributed by atoms with Crippen LogP contribution in [0.15, 0.2) is 12.1 Å². The lowest BCUT2D eigenvalue weighted by molar-refractivity contribution is -0.121. The van der Waals surface area contributed by atoms with Crippen molar-refractivity contribution in [3.05, 3.63) is 23.3 Å². The highest BCUT2D eigenvalue weighted by Crippen LogP contribution is 2.35. The molecule has 6 heteroatoms. The van der Waals surface area contributed by atoms with Crippen LogP contribution in [-0.4, -0.2) is 32.3 Å². The number of amides is 2. The summed E-state index contributed by atoms with van der Waals surface area (Å²) >= 11 is 0. The summed E-state index contributed by atoms with van der Waals surface area (Å²) in [6.07, 6.45) is 2.32. The van der Waals surface area contributed by atoms with Gasteiger partial charge in [0.2, 0.25) is 5.91 Å². The maximum absolute atomic E-state index is 11.5. The minimum Gasteiger partial charge on any atom is -0.495 e. The lowest BCUT2D eigenvalue weighted by Gasteiger charge is -2.28. The fourth-order valence-corrected chi connectivity index (χ4v) is 2.75. The van der Waals surface area contributed by atoms with Gasteiger partial charge in [0.15, 0.2) is 0 Å². The van der Waals surface area contributed by atoms with Crippen molar-refractivity contribution in [2.24, 2.45) is 0 Å². The Kier molecular flexibility index (Phi) is 5.25. The van der Waals surface area contributed by atoms with E-state index in [1.54, 1.807) is 7.11 Å². The third-order valence-corrected chi connectivity index (χ3v) is 3.90. The van der Waals surface area contributed by atoms with Gasteiger partial charge in [-0.2, -0.15) is 0 Å². The van der Waals surface area contributed by atoms with Crippen molar-refractivity contribution in [1.82, 2.24) is 5.32 Å². The van der Waals surface area contributed by atoms with Crippen LogP contribution in [0.4, 0.5) is 10.5 Å². The van der Waals surface area contributed by atoms with Gasteiger partial charge in [-0.25, -0.2) is 4.79 Å². The van der Waals surface area contributed by atoms with E-state index in [9.17, 15) is 9.59 Å². The molecular formula is C16H22N2O4. The molecule has 22 heavy (non-hydrogen) atoms. The summed E-state index contributed by atoms with van der Waals surface area (Å²) in [5, 5.41) is 5.76. The lowest BCUT2D eigenvalue weighted by atomic mass is 9.86. The molecule has 120 valence electrons. The number of benzene rings is 1. The van der Waals surface area contributed by atoms with E-state index in [0.717, 1.165) is 30.4 Å². The SMILES string of the molecule is CCC(=O)NC1CCc2c(ccc(OC)c2NC(=O)OC)C1. The number of carbonyl (C=O) groups excluding carboxylic acids is 2. The maximum atomic E-state index is 11.5. The molecule has 2 amide bonds. The molecule has 1 aromatic carbocycles. The first-order valence-electron chi connectivity index (χ1n) is 7.42. The normalized spacial score (nSPS) is 16.4. The molecule has 2 rings (SSSR count). The third-order valence-electron chi connectivity index (χ3n) is 3.90. The largest absolute Gasteiger partial charge is 0.495 e. The molecule has 0 bridgehead atoms. The summed E-state index contributed by atoms with van der Waals surface area (Å²) in [5.74, 6) is 0.676. The van der Waals surface area contributed by atoms with Crippen LogP contribution in [0.3, 0.4) is 0 Å².